The van der Waals surface area contributed by atoms with Crippen LogP contribution in [-0.4, -0.2) is 40.9 Å². The van der Waals surface area contributed by atoms with Crippen molar-refractivity contribution in [2.24, 2.45) is 0 Å². The van der Waals surface area contributed by atoms with E-state index in [0.29, 0.717) is 13.1 Å². The van der Waals surface area contributed by atoms with Crippen LogP contribution >= 0.6 is 15.9 Å². The minimum Gasteiger partial charge on any atom is -0.353 e. The van der Waals surface area contributed by atoms with Crippen LogP contribution in [0.15, 0.2) is 27.6 Å². The Morgan fingerprint density at radius 3 is 2.89 bits per heavy atom. The molecule has 1 aliphatic rings. The van der Waals surface area contributed by atoms with Crippen LogP contribution in [0.2, 0.25) is 0 Å². The molecule has 18 heavy (non-hydrogen) atoms. The Morgan fingerprint density at radius 1 is 1.39 bits per heavy atom. The Morgan fingerprint density at radius 2 is 2.17 bits per heavy atom. The first-order valence-electron chi connectivity index (χ1n) is 5.47. The normalized spacial score (nSPS) is 15.4. The lowest BCUT2D eigenvalue weighted by Gasteiger charge is -2.26. The summed E-state index contributed by atoms with van der Waals surface area (Å²) in [5.74, 6) is -0.402. The molecule has 0 aliphatic carbocycles. The number of nitrogens with one attached hydrogen (secondary N) is 1. The molecule has 1 aromatic heterocycles. The molecule has 0 spiro atoms. The van der Waals surface area contributed by atoms with Crippen LogP contribution in [0.1, 0.15) is 0 Å². The Labute approximate surface area is 112 Å². The van der Waals surface area contributed by atoms with Gasteiger partial charge in [0.05, 0.1) is 6.54 Å². The maximum absolute atomic E-state index is 11.9. The molecule has 2 amide bonds. The first-order valence-corrected chi connectivity index (χ1v) is 6.26. The Kier molecular flexibility index (Phi) is 3.81. The fourth-order valence-electron chi connectivity index (χ4n) is 1.72. The van der Waals surface area contributed by atoms with E-state index in [1.165, 1.54) is 15.5 Å². The van der Waals surface area contributed by atoms with E-state index in [2.05, 4.69) is 21.2 Å². The van der Waals surface area contributed by atoms with Gasteiger partial charge in [-0.25, -0.2) is 0 Å². The van der Waals surface area contributed by atoms with Gasteiger partial charge in [-0.15, -0.1) is 0 Å². The van der Waals surface area contributed by atoms with Gasteiger partial charge in [0, 0.05) is 29.8 Å². The molecule has 0 saturated carbocycles. The summed E-state index contributed by atoms with van der Waals surface area (Å²) >= 11 is 3.24. The smallest absolute Gasteiger partial charge is 0.251 e. The first-order chi connectivity index (χ1) is 8.56. The molecule has 0 atom stereocenters. The number of carbonyl (C=O) groups is 2. The van der Waals surface area contributed by atoms with Crippen LogP contribution in [0.5, 0.6) is 0 Å². The first kappa shape index (κ1) is 12.8. The molecule has 1 aliphatic heterocycles. The lowest BCUT2D eigenvalue weighted by atomic mass is 10.3. The van der Waals surface area contributed by atoms with E-state index in [9.17, 15) is 14.4 Å². The second-order valence-electron chi connectivity index (χ2n) is 3.98. The molecule has 2 rings (SSSR count). The van der Waals surface area contributed by atoms with Crippen molar-refractivity contribution in [1.82, 2.24) is 14.8 Å². The molecule has 2 heterocycles. The highest BCUT2D eigenvalue weighted by Crippen LogP contribution is 2.05. The van der Waals surface area contributed by atoms with E-state index in [1.807, 2.05) is 0 Å². The number of carbonyl (C=O) groups excluding carboxylic acids is 2. The molecule has 6 nitrogen and oxygen atoms in total. The number of nitrogens with zero attached hydrogens (tertiary/aromatic N) is 2. The predicted octanol–water partition coefficient (Wildman–Crippen LogP) is -0.431. The molecular formula is C11H12BrN3O3. The number of hydrogen-bond donors (Lipinski definition) is 1. The highest BCUT2D eigenvalue weighted by Gasteiger charge is 2.21. The van der Waals surface area contributed by atoms with Crippen LogP contribution in [0.25, 0.3) is 0 Å². The number of pyridine rings is 1. The average Bonchev–Trinajstić information content (AvgIpc) is 2.34. The summed E-state index contributed by atoms with van der Waals surface area (Å²) in [7, 11) is 0. The minimum absolute atomic E-state index is 0.0500. The largest absolute Gasteiger partial charge is 0.353 e. The lowest BCUT2D eigenvalue weighted by molar-refractivity contribution is -0.138. The van der Waals surface area contributed by atoms with Crippen molar-refractivity contribution >= 4 is 27.7 Å². The summed E-state index contributed by atoms with van der Waals surface area (Å²) < 4.78 is 2.05. The fourth-order valence-corrected chi connectivity index (χ4v) is 2.10. The minimum atomic E-state index is -0.243. The van der Waals surface area contributed by atoms with Gasteiger partial charge in [-0.2, -0.15) is 0 Å². The molecule has 1 aromatic rings. The fraction of sp³-hybridized carbons (Fsp3) is 0.364. The van der Waals surface area contributed by atoms with Gasteiger partial charge >= 0.3 is 0 Å². The number of hydrogen-bond acceptors (Lipinski definition) is 3. The second-order valence-corrected chi connectivity index (χ2v) is 4.89. The summed E-state index contributed by atoms with van der Waals surface area (Å²) in [4.78, 5) is 36.1. The van der Waals surface area contributed by atoms with Crippen LogP contribution in [-0.2, 0) is 16.1 Å². The number of halogens is 1. The van der Waals surface area contributed by atoms with Crippen molar-refractivity contribution in [1.29, 1.82) is 0 Å². The van der Waals surface area contributed by atoms with Gasteiger partial charge in [0.1, 0.15) is 6.54 Å². The SMILES string of the molecule is O=C1CN(C(=O)Cn2cc(Br)ccc2=O)CCN1. The number of amides is 2. The predicted molar refractivity (Wildman–Crippen MR) is 68.0 cm³/mol. The maximum Gasteiger partial charge on any atom is 0.251 e. The summed E-state index contributed by atoms with van der Waals surface area (Å²) in [6.45, 7) is 0.943. The van der Waals surface area contributed by atoms with Crippen LogP contribution in [0.4, 0.5) is 0 Å². The van der Waals surface area contributed by atoms with Crippen LogP contribution < -0.4 is 10.9 Å². The second kappa shape index (κ2) is 5.34. The third-order valence-corrected chi connectivity index (χ3v) is 3.11. The van der Waals surface area contributed by atoms with Gasteiger partial charge in [-0.3, -0.25) is 14.4 Å². The number of rotatable bonds is 2. The van der Waals surface area contributed by atoms with Crippen molar-refractivity contribution in [3.8, 4) is 0 Å². The molecule has 0 unspecified atom stereocenters. The Bertz CT molecular complexity index is 541. The van der Waals surface area contributed by atoms with Crippen molar-refractivity contribution < 1.29 is 9.59 Å². The van der Waals surface area contributed by atoms with Crippen molar-refractivity contribution in [2.45, 2.75) is 6.54 Å². The number of aromatic nitrogens is 1. The van der Waals surface area contributed by atoms with E-state index < -0.39 is 0 Å². The van der Waals surface area contributed by atoms with Crippen molar-refractivity contribution in [3.05, 3.63) is 33.2 Å². The standard InChI is InChI=1S/C11H12BrN3O3/c12-8-1-2-10(17)15(5-8)7-11(18)14-4-3-13-9(16)6-14/h1-2,5H,3-4,6-7H2,(H,13,16). The van der Waals surface area contributed by atoms with E-state index in [4.69, 9.17) is 0 Å². The van der Waals surface area contributed by atoms with Crippen LogP contribution in [0, 0.1) is 0 Å². The van der Waals surface area contributed by atoms with Crippen molar-refractivity contribution in [3.63, 3.8) is 0 Å². The van der Waals surface area contributed by atoms with Gasteiger partial charge in [0.2, 0.25) is 11.8 Å². The molecule has 7 heteroatoms. The third-order valence-electron chi connectivity index (χ3n) is 2.64. The zero-order valence-electron chi connectivity index (χ0n) is 9.56. The monoisotopic (exact) mass is 313 g/mol. The zero-order chi connectivity index (χ0) is 13.1. The zero-order valence-corrected chi connectivity index (χ0v) is 11.1. The molecule has 96 valence electrons. The molecule has 1 fully saturated rings. The van der Waals surface area contributed by atoms with Gasteiger partial charge in [-0.05, 0) is 22.0 Å². The summed E-state index contributed by atoms with van der Waals surface area (Å²) in [5.41, 5.74) is -0.243. The average molecular weight is 314 g/mol. The summed E-state index contributed by atoms with van der Waals surface area (Å²) in [6, 6.07) is 3.01. The molecule has 1 N–H and O–H groups in total. The molecule has 0 aromatic carbocycles. The summed E-state index contributed by atoms with van der Waals surface area (Å²) in [5, 5.41) is 2.64. The molecule has 1 saturated heterocycles. The summed E-state index contributed by atoms with van der Waals surface area (Å²) in [6.07, 6.45) is 1.56. The van der Waals surface area contributed by atoms with Gasteiger partial charge in [-0.1, -0.05) is 0 Å². The van der Waals surface area contributed by atoms with Gasteiger partial charge in [0.15, 0.2) is 0 Å². The molecule has 0 radical (unpaired) electrons. The van der Waals surface area contributed by atoms with Gasteiger partial charge < -0.3 is 14.8 Å². The Hall–Kier alpha value is -1.63. The van der Waals surface area contributed by atoms with E-state index in [-0.39, 0.29) is 30.5 Å². The highest BCUT2D eigenvalue weighted by atomic mass is 79.9. The van der Waals surface area contributed by atoms with Crippen molar-refractivity contribution in [2.75, 3.05) is 19.6 Å². The topological polar surface area (TPSA) is 71.4 Å². The third kappa shape index (κ3) is 2.98. The highest BCUT2D eigenvalue weighted by molar-refractivity contribution is 9.10. The van der Waals surface area contributed by atoms with Crippen LogP contribution in [0.3, 0.4) is 0 Å². The van der Waals surface area contributed by atoms with E-state index in [0.717, 1.165) is 4.47 Å². The quantitative estimate of drug-likeness (QED) is 0.805. The molecule has 0 bridgehead atoms. The van der Waals surface area contributed by atoms with Gasteiger partial charge in [0.25, 0.3) is 5.56 Å². The molecular weight excluding hydrogens is 302 g/mol. The lowest BCUT2D eigenvalue weighted by Crippen LogP contribution is -2.51. The van der Waals surface area contributed by atoms with E-state index in [1.54, 1.807) is 12.3 Å². The Balaban J connectivity index is 2.09. The van der Waals surface area contributed by atoms with E-state index >= 15 is 0 Å². The maximum atomic E-state index is 11.9. The number of piperazine rings is 1.